The summed E-state index contributed by atoms with van der Waals surface area (Å²) in [4.78, 5) is 8.31. The first-order chi connectivity index (χ1) is 5.98. The number of phosphoric ester groups is 1. The van der Waals surface area contributed by atoms with Crippen molar-refractivity contribution in [2.45, 2.75) is 11.3 Å². The summed E-state index contributed by atoms with van der Waals surface area (Å²) in [6.45, 7) is -0.0752. The zero-order valence-corrected chi connectivity index (χ0v) is 9.82. The molecule has 0 rings (SSSR count). The molecule has 0 saturated carbocycles. The van der Waals surface area contributed by atoms with E-state index < -0.39 is 12.7 Å². The molecule has 0 spiro atoms. The molecule has 0 amide bonds. The van der Waals surface area contributed by atoms with Gasteiger partial charge in [0.15, 0.2) is 0 Å². The molecule has 8 heteroatoms. The van der Waals surface area contributed by atoms with Crippen LogP contribution in [-0.4, -0.2) is 28.8 Å². The number of rotatable bonds is 7. The van der Waals surface area contributed by atoms with Gasteiger partial charge in [0.1, 0.15) is 4.84 Å². The molecule has 0 aromatic heterocycles. The highest BCUT2D eigenvalue weighted by Crippen LogP contribution is 2.43. The van der Waals surface area contributed by atoms with Crippen LogP contribution in [0.5, 0.6) is 0 Å². The molecular weight excluding hydrogens is 261 g/mol. The van der Waals surface area contributed by atoms with E-state index in [1.807, 2.05) is 0 Å². The van der Waals surface area contributed by atoms with Crippen LogP contribution in [0.25, 0.3) is 0 Å². The van der Waals surface area contributed by atoms with Crippen molar-refractivity contribution in [1.82, 2.24) is 0 Å². The maximum absolute atomic E-state index is 10.9. The monoisotopic (exact) mass is 270 g/mol. The smallest absolute Gasteiger partial charge is 0.302 e. The van der Waals surface area contributed by atoms with Crippen LogP contribution < -0.4 is 0 Å². The van der Waals surface area contributed by atoms with E-state index in [1.165, 1.54) is 0 Å². The van der Waals surface area contributed by atoms with E-state index in [9.17, 15) is 4.57 Å². The standard InChI is InChI=1S/C5H10Cl3O4P/c6-2-4-12-13(9,10)11-3-1-5(7)8/h5H,1-4H2,(H,9,10). The quantitative estimate of drug-likeness (QED) is 0.571. The van der Waals surface area contributed by atoms with Gasteiger partial charge in [0.25, 0.3) is 0 Å². The molecule has 0 saturated heterocycles. The van der Waals surface area contributed by atoms with E-state index in [0.717, 1.165) is 0 Å². The SMILES string of the molecule is O=P(O)(OCCCl)OCCC(Cl)Cl. The number of alkyl halides is 3. The third-order valence-electron chi connectivity index (χ3n) is 0.922. The zero-order valence-electron chi connectivity index (χ0n) is 6.66. The highest BCUT2D eigenvalue weighted by Gasteiger charge is 2.20. The van der Waals surface area contributed by atoms with Gasteiger partial charge in [-0.25, -0.2) is 4.57 Å². The molecule has 1 N–H and O–H groups in total. The summed E-state index contributed by atoms with van der Waals surface area (Å²) < 4.78 is 19.9. The molecule has 4 nitrogen and oxygen atoms in total. The Morgan fingerprint density at radius 1 is 1.31 bits per heavy atom. The third-order valence-corrected chi connectivity index (χ3v) is 2.53. The lowest BCUT2D eigenvalue weighted by molar-refractivity contribution is 0.155. The van der Waals surface area contributed by atoms with Crippen LogP contribution in [0.1, 0.15) is 6.42 Å². The first kappa shape index (κ1) is 14.0. The van der Waals surface area contributed by atoms with E-state index in [0.29, 0.717) is 0 Å². The average molecular weight is 271 g/mol. The van der Waals surface area contributed by atoms with Crippen molar-refractivity contribution in [2.24, 2.45) is 0 Å². The fourth-order valence-corrected chi connectivity index (χ4v) is 1.54. The molecule has 1 unspecified atom stereocenters. The molecule has 0 aliphatic heterocycles. The molecule has 0 aromatic carbocycles. The second-order valence-corrected chi connectivity index (χ2v) is 5.11. The van der Waals surface area contributed by atoms with E-state index in [2.05, 4.69) is 9.05 Å². The van der Waals surface area contributed by atoms with Crippen LogP contribution in [-0.2, 0) is 13.6 Å². The van der Waals surface area contributed by atoms with E-state index in [4.69, 9.17) is 39.7 Å². The second-order valence-electron chi connectivity index (χ2n) is 2.00. The minimum Gasteiger partial charge on any atom is -0.302 e. The Labute approximate surface area is 91.7 Å². The number of hydrogen-bond donors (Lipinski definition) is 1. The van der Waals surface area contributed by atoms with Gasteiger partial charge in [0.05, 0.1) is 13.2 Å². The lowest BCUT2D eigenvalue weighted by Gasteiger charge is -2.10. The van der Waals surface area contributed by atoms with Gasteiger partial charge < -0.3 is 4.89 Å². The summed E-state index contributed by atoms with van der Waals surface area (Å²) in [6.07, 6.45) is 0.262. The average Bonchev–Trinajstić information content (AvgIpc) is 2.00. The first-order valence-corrected chi connectivity index (χ1v) is 6.34. The van der Waals surface area contributed by atoms with Crippen molar-refractivity contribution < 1.29 is 18.5 Å². The minimum atomic E-state index is -3.97. The van der Waals surface area contributed by atoms with Gasteiger partial charge in [-0.05, 0) is 0 Å². The summed E-state index contributed by atoms with van der Waals surface area (Å²) in [5, 5.41) is 0. The van der Waals surface area contributed by atoms with Gasteiger partial charge in [-0.1, -0.05) is 0 Å². The summed E-state index contributed by atoms with van der Waals surface area (Å²) in [5.74, 6) is 0.127. The van der Waals surface area contributed by atoms with Crippen LogP contribution in [0.4, 0.5) is 0 Å². The van der Waals surface area contributed by atoms with E-state index in [-0.39, 0.29) is 25.5 Å². The maximum Gasteiger partial charge on any atom is 0.472 e. The Hall–Kier alpha value is 0.980. The Morgan fingerprint density at radius 3 is 2.31 bits per heavy atom. The van der Waals surface area contributed by atoms with Crippen molar-refractivity contribution in [3.63, 3.8) is 0 Å². The number of hydrogen-bond acceptors (Lipinski definition) is 3. The number of phosphoric acid groups is 1. The van der Waals surface area contributed by atoms with Gasteiger partial charge in [0.2, 0.25) is 0 Å². The normalized spacial score (nSPS) is 16.1. The van der Waals surface area contributed by atoms with Crippen molar-refractivity contribution in [3.05, 3.63) is 0 Å². The van der Waals surface area contributed by atoms with Crippen molar-refractivity contribution >= 4 is 42.6 Å². The van der Waals surface area contributed by atoms with Gasteiger partial charge >= 0.3 is 7.82 Å². The number of halogens is 3. The summed E-state index contributed by atoms with van der Waals surface area (Å²) in [5.41, 5.74) is 0. The maximum atomic E-state index is 10.9. The Balaban J connectivity index is 3.57. The van der Waals surface area contributed by atoms with Crippen LogP contribution in [0.3, 0.4) is 0 Å². The highest BCUT2D eigenvalue weighted by molar-refractivity contribution is 7.47. The van der Waals surface area contributed by atoms with Crippen molar-refractivity contribution in [2.75, 3.05) is 19.1 Å². The predicted molar refractivity (Wildman–Crippen MR) is 52.6 cm³/mol. The summed E-state index contributed by atoms with van der Waals surface area (Å²) in [7, 11) is -3.97. The van der Waals surface area contributed by atoms with E-state index >= 15 is 0 Å². The molecule has 0 radical (unpaired) electrons. The molecule has 0 bridgehead atoms. The van der Waals surface area contributed by atoms with Gasteiger partial charge in [-0.2, -0.15) is 0 Å². The Kier molecular flexibility index (Phi) is 7.85. The van der Waals surface area contributed by atoms with Crippen molar-refractivity contribution in [1.29, 1.82) is 0 Å². The van der Waals surface area contributed by atoms with Crippen LogP contribution in [0, 0.1) is 0 Å². The highest BCUT2D eigenvalue weighted by atomic mass is 35.5. The first-order valence-electron chi connectivity index (χ1n) is 3.44. The zero-order chi connectivity index (χ0) is 10.3. The largest absolute Gasteiger partial charge is 0.472 e. The summed E-state index contributed by atoms with van der Waals surface area (Å²) in [6, 6.07) is 0. The Morgan fingerprint density at radius 2 is 1.85 bits per heavy atom. The minimum absolute atomic E-state index is 0.0340. The molecular formula is C5H10Cl3O4P. The van der Waals surface area contributed by atoms with Crippen LogP contribution in [0.15, 0.2) is 0 Å². The molecule has 1 atom stereocenters. The molecule has 0 heterocycles. The summed E-state index contributed by atoms with van der Waals surface area (Å²) >= 11 is 16.0. The topological polar surface area (TPSA) is 55.8 Å². The fourth-order valence-electron chi connectivity index (χ4n) is 0.444. The molecule has 0 fully saturated rings. The van der Waals surface area contributed by atoms with Crippen LogP contribution >= 0.6 is 42.6 Å². The molecule has 0 aromatic rings. The van der Waals surface area contributed by atoms with Gasteiger partial charge in [-0.15, -0.1) is 34.8 Å². The lowest BCUT2D eigenvalue weighted by atomic mass is 10.5. The second kappa shape index (κ2) is 7.30. The van der Waals surface area contributed by atoms with Crippen molar-refractivity contribution in [3.8, 4) is 0 Å². The Bertz CT molecular complexity index is 177. The molecule has 13 heavy (non-hydrogen) atoms. The fraction of sp³-hybridized carbons (Fsp3) is 1.00. The van der Waals surface area contributed by atoms with Crippen LogP contribution in [0.2, 0.25) is 0 Å². The third kappa shape index (κ3) is 9.29. The van der Waals surface area contributed by atoms with Gasteiger partial charge in [-0.3, -0.25) is 9.05 Å². The molecule has 80 valence electrons. The molecule has 0 aliphatic rings. The van der Waals surface area contributed by atoms with Gasteiger partial charge in [0, 0.05) is 12.3 Å². The predicted octanol–water partition coefficient (Wildman–Crippen LogP) is 2.55. The van der Waals surface area contributed by atoms with E-state index in [1.54, 1.807) is 0 Å². The lowest BCUT2D eigenvalue weighted by Crippen LogP contribution is -2.01. The molecule has 0 aliphatic carbocycles.